The van der Waals surface area contributed by atoms with Gasteiger partial charge in [0.25, 0.3) is 11.8 Å². The second-order valence-corrected chi connectivity index (χ2v) is 12.5. The summed E-state index contributed by atoms with van der Waals surface area (Å²) in [7, 11) is 2.58. The molecule has 0 radical (unpaired) electrons. The Morgan fingerprint density at radius 2 is 1.66 bits per heavy atom. The molecular weight excluding hydrogens is 699 g/mol. The highest BCUT2D eigenvalue weighted by atomic mass is 32.1. The molecule has 50 heavy (non-hydrogen) atoms. The van der Waals surface area contributed by atoms with Crippen molar-refractivity contribution in [3.05, 3.63) is 87.5 Å². The summed E-state index contributed by atoms with van der Waals surface area (Å²) in [5, 5.41) is 8.97. The normalized spacial score (nSPS) is 18.7. The minimum atomic E-state index is -5.08. The van der Waals surface area contributed by atoms with Gasteiger partial charge in [0.2, 0.25) is 0 Å². The number of carbonyl (C=O) groups is 3. The Balaban J connectivity index is 1.36. The van der Waals surface area contributed by atoms with Gasteiger partial charge in [-0.1, -0.05) is 11.2 Å². The number of nitrogens with zero attached hydrogens (tertiary/aromatic N) is 1. The zero-order valence-corrected chi connectivity index (χ0v) is 26.6. The third-order valence-electron chi connectivity index (χ3n) is 8.41. The van der Waals surface area contributed by atoms with Crippen molar-refractivity contribution in [1.29, 1.82) is 0 Å². The van der Waals surface area contributed by atoms with E-state index in [9.17, 15) is 45.1 Å². The number of carbonyl (C=O) groups excluding carboxylic acids is 3. The molecule has 0 saturated heterocycles. The molecule has 3 unspecified atom stereocenters. The average molecular weight is 724 g/mol. The van der Waals surface area contributed by atoms with Crippen molar-refractivity contribution in [2.24, 2.45) is 17.0 Å². The largest absolute Gasteiger partial charge is 0.496 e. The standard InChI is InChI=1S/C33H24F7N3O6S/c1-47-23-8-3-14(26-19-10-15(31(46)48-2)11-24(19)49-43-26)9-20(23)29(44)42-27-18-6-4-16(32(35,36)37)12-25(18)50-28(27)30(45)41-17-5-7-22(34)21(13-17)33(38,39)40/h3-9,12-13,15,19,24H,10-11H2,1-2H3,(H,41,45)(H,42,44). The number of alkyl halides is 6. The second-order valence-electron chi connectivity index (χ2n) is 11.4. The van der Waals surface area contributed by atoms with Crippen molar-refractivity contribution in [2.75, 3.05) is 24.9 Å². The molecule has 1 saturated carbocycles. The Bertz CT molecular complexity index is 2060. The number of methoxy groups -OCH3 is 2. The number of nitrogens with one attached hydrogen (secondary N) is 2. The van der Waals surface area contributed by atoms with Crippen molar-refractivity contribution in [1.82, 2.24) is 0 Å². The summed E-state index contributed by atoms with van der Waals surface area (Å²) in [6, 6.07) is 8.87. The van der Waals surface area contributed by atoms with E-state index in [-0.39, 0.29) is 50.0 Å². The Labute approximate surface area is 282 Å². The quantitative estimate of drug-likeness (QED) is 0.148. The van der Waals surface area contributed by atoms with Crippen LogP contribution in [0, 0.1) is 17.7 Å². The number of thiophene rings is 1. The SMILES string of the molecule is COC(=O)C1CC2ON=C(c3ccc(OC)c(C(=O)Nc4c(C(=O)Nc5ccc(F)c(C(F)(F)F)c5)sc5cc(C(F)(F)F)ccc45)c3)C2C1. The number of benzene rings is 3. The van der Waals surface area contributed by atoms with Crippen molar-refractivity contribution in [2.45, 2.75) is 31.3 Å². The molecule has 17 heteroatoms. The van der Waals surface area contributed by atoms with Gasteiger partial charge in [0.05, 0.1) is 48.2 Å². The highest BCUT2D eigenvalue weighted by molar-refractivity contribution is 7.21. The molecule has 2 aliphatic rings. The molecule has 2 N–H and O–H groups in total. The van der Waals surface area contributed by atoms with Crippen LogP contribution in [0.1, 0.15) is 49.6 Å². The molecule has 3 aromatic carbocycles. The monoisotopic (exact) mass is 723 g/mol. The lowest BCUT2D eigenvalue weighted by Gasteiger charge is -2.14. The van der Waals surface area contributed by atoms with E-state index in [0.29, 0.717) is 47.6 Å². The highest BCUT2D eigenvalue weighted by Crippen LogP contribution is 2.43. The number of ether oxygens (including phenoxy) is 2. The smallest absolute Gasteiger partial charge is 0.419 e. The zero-order chi connectivity index (χ0) is 36.1. The Morgan fingerprint density at radius 1 is 0.900 bits per heavy atom. The summed E-state index contributed by atoms with van der Waals surface area (Å²) in [5.41, 5.74) is -2.52. The maximum Gasteiger partial charge on any atom is 0.419 e. The molecule has 3 atom stereocenters. The van der Waals surface area contributed by atoms with Gasteiger partial charge in [0, 0.05) is 33.7 Å². The molecule has 2 heterocycles. The van der Waals surface area contributed by atoms with Gasteiger partial charge in [-0.05, 0) is 55.0 Å². The molecule has 1 aromatic heterocycles. The molecule has 0 spiro atoms. The topological polar surface area (TPSA) is 115 Å². The van der Waals surface area contributed by atoms with E-state index < -0.39 is 52.7 Å². The first-order valence-corrected chi connectivity index (χ1v) is 15.5. The number of anilines is 2. The van der Waals surface area contributed by atoms with E-state index in [1.54, 1.807) is 6.07 Å². The number of hydrogen-bond donors (Lipinski definition) is 2. The maximum atomic E-state index is 13.9. The van der Waals surface area contributed by atoms with Gasteiger partial charge in [-0.2, -0.15) is 26.3 Å². The van der Waals surface area contributed by atoms with Gasteiger partial charge in [-0.25, -0.2) is 4.39 Å². The van der Waals surface area contributed by atoms with Crippen LogP contribution in [0.3, 0.4) is 0 Å². The van der Waals surface area contributed by atoms with Gasteiger partial charge < -0.3 is 24.9 Å². The van der Waals surface area contributed by atoms with Crippen LogP contribution in [-0.2, 0) is 26.7 Å². The predicted octanol–water partition coefficient (Wildman–Crippen LogP) is 7.89. The number of halogens is 7. The van der Waals surface area contributed by atoms with E-state index in [4.69, 9.17) is 14.3 Å². The van der Waals surface area contributed by atoms with E-state index in [1.807, 2.05) is 0 Å². The Hall–Kier alpha value is -5.19. The van der Waals surface area contributed by atoms with Gasteiger partial charge in [-0.15, -0.1) is 11.3 Å². The summed E-state index contributed by atoms with van der Waals surface area (Å²) in [5.74, 6) is -4.52. The summed E-state index contributed by atoms with van der Waals surface area (Å²) >= 11 is 0.552. The summed E-state index contributed by atoms with van der Waals surface area (Å²) in [6.07, 6.45) is -9.44. The van der Waals surface area contributed by atoms with E-state index >= 15 is 0 Å². The first-order chi connectivity index (χ1) is 23.6. The number of hydrogen-bond acceptors (Lipinski definition) is 8. The molecular formula is C33H24F7N3O6S. The van der Waals surface area contributed by atoms with Gasteiger partial charge in [-0.3, -0.25) is 14.4 Å². The van der Waals surface area contributed by atoms with Crippen LogP contribution < -0.4 is 15.4 Å². The highest BCUT2D eigenvalue weighted by Gasteiger charge is 2.46. The van der Waals surface area contributed by atoms with E-state index in [2.05, 4.69) is 15.8 Å². The van der Waals surface area contributed by atoms with Gasteiger partial charge in [0.1, 0.15) is 22.5 Å². The lowest BCUT2D eigenvalue weighted by Crippen LogP contribution is -2.20. The fourth-order valence-corrected chi connectivity index (χ4v) is 7.10. The molecule has 1 aliphatic carbocycles. The number of fused-ring (bicyclic) bond motifs is 2. The zero-order valence-electron chi connectivity index (χ0n) is 25.8. The molecule has 2 amide bonds. The van der Waals surface area contributed by atoms with Crippen molar-refractivity contribution < 1.29 is 59.4 Å². The van der Waals surface area contributed by atoms with Crippen molar-refractivity contribution in [3.8, 4) is 5.75 Å². The number of esters is 1. The molecule has 1 fully saturated rings. The lowest BCUT2D eigenvalue weighted by atomic mass is 9.92. The molecule has 6 rings (SSSR count). The summed E-state index contributed by atoms with van der Waals surface area (Å²) in [6.45, 7) is 0. The summed E-state index contributed by atoms with van der Waals surface area (Å²) < 4.78 is 105. The van der Waals surface area contributed by atoms with E-state index in [1.165, 1.54) is 26.4 Å². The van der Waals surface area contributed by atoms with Crippen LogP contribution in [0.5, 0.6) is 5.75 Å². The van der Waals surface area contributed by atoms with Crippen LogP contribution in [-0.4, -0.2) is 43.8 Å². The van der Waals surface area contributed by atoms with Crippen LogP contribution in [0.25, 0.3) is 10.1 Å². The fraction of sp³-hybridized carbons (Fsp3) is 0.273. The Kier molecular flexibility index (Phi) is 8.96. The maximum absolute atomic E-state index is 13.9. The first-order valence-electron chi connectivity index (χ1n) is 14.7. The van der Waals surface area contributed by atoms with Gasteiger partial charge in [0.15, 0.2) is 0 Å². The van der Waals surface area contributed by atoms with Crippen molar-refractivity contribution >= 4 is 56.3 Å². The van der Waals surface area contributed by atoms with Gasteiger partial charge >= 0.3 is 18.3 Å². The van der Waals surface area contributed by atoms with Crippen LogP contribution in [0.4, 0.5) is 42.1 Å². The first kappa shape index (κ1) is 34.7. The molecule has 0 bridgehead atoms. The number of rotatable bonds is 7. The Morgan fingerprint density at radius 3 is 2.34 bits per heavy atom. The molecule has 4 aromatic rings. The van der Waals surface area contributed by atoms with Crippen LogP contribution in [0.15, 0.2) is 59.8 Å². The number of amides is 2. The number of oxime groups is 1. The minimum Gasteiger partial charge on any atom is -0.496 e. The minimum absolute atomic E-state index is 0.0305. The average Bonchev–Trinajstić information content (AvgIpc) is 3.77. The molecule has 1 aliphatic heterocycles. The van der Waals surface area contributed by atoms with Crippen LogP contribution in [0.2, 0.25) is 0 Å². The third kappa shape index (κ3) is 6.56. The fourth-order valence-electron chi connectivity index (χ4n) is 6.01. The lowest BCUT2D eigenvalue weighted by molar-refractivity contribution is -0.145. The van der Waals surface area contributed by atoms with Crippen LogP contribution >= 0.6 is 11.3 Å². The second kappa shape index (κ2) is 12.9. The van der Waals surface area contributed by atoms with Crippen molar-refractivity contribution in [3.63, 3.8) is 0 Å². The summed E-state index contributed by atoms with van der Waals surface area (Å²) in [4.78, 5) is 44.7. The third-order valence-corrected chi connectivity index (χ3v) is 9.56. The predicted molar refractivity (Wildman–Crippen MR) is 167 cm³/mol. The van der Waals surface area contributed by atoms with E-state index in [0.717, 1.165) is 24.3 Å². The molecule has 262 valence electrons. The molecule has 9 nitrogen and oxygen atoms in total.